The van der Waals surface area contributed by atoms with Crippen molar-refractivity contribution < 1.29 is 26.3 Å². The van der Waals surface area contributed by atoms with E-state index < -0.39 is 29.7 Å². The van der Waals surface area contributed by atoms with E-state index in [0.717, 1.165) is 29.4 Å². The topological polar surface area (TPSA) is 16.1 Å². The van der Waals surface area contributed by atoms with E-state index >= 15 is 0 Å². The molecule has 0 aromatic carbocycles. The van der Waals surface area contributed by atoms with Crippen LogP contribution >= 0.6 is 0 Å². The van der Waals surface area contributed by atoms with E-state index in [9.17, 15) is 26.3 Å². The molecular weight excluding hydrogens is 310 g/mol. The van der Waals surface area contributed by atoms with Gasteiger partial charge >= 0.3 is 12.4 Å². The van der Waals surface area contributed by atoms with E-state index in [-0.39, 0.29) is 5.69 Å². The summed E-state index contributed by atoms with van der Waals surface area (Å²) >= 11 is 0. The van der Waals surface area contributed by atoms with Gasteiger partial charge in [0.1, 0.15) is 5.69 Å². The van der Waals surface area contributed by atoms with Crippen LogP contribution in [0.3, 0.4) is 0 Å². The fourth-order valence-corrected chi connectivity index (χ4v) is 2.05. The second-order valence-corrected chi connectivity index (χ2v) is 4.94. The van der Waals surface area contributed by atoms with Gasteiger partial charge in [0.05, 0.1) is 5.57 Å². The van der Waals surface area contributed by atoms with E-state index in [2.05, 4.69) is 4.98 Å². The average molecular weight is 322 g/mol. The van der Waals surface area contributed by atoms with Gasteiger partial charge in [0.25, 0.3) is 0 Å². The molecule has 2 heterocycles. The number of anilines is 1. The molecule has 0 N–H and O–H groups in total. The summed E-state index contributed by atoms with van der Waals surface area (Å²) in [4.78, 5) is 4.45. The molecule has 1 aromatic rings. The van der Waals surface area contributed by atoms with Gasteiger partial charge in [0.2, 0.25) is 0 Å². The Kier molecular flexibility index (Phi) is 3.97. The molecule has 120 valence electrons. The summed E-state index contributed by atoms with van der Waals surface area (Å²) in [5, 5.41) is 0. The van der Waals surface area contributed by atoms with Crippen LogP contribution < -0.4 is 4.90 Å². The highest BCUT2D eigenvalue weighted by atomic mass is 19.4. The molecule has 0 aliphatic carbocycles. The van der Waals surface area contributed by atoms with Crippen molar-refractivity contribution in [2.75, 3.05) is 4.90 Å². The lowest BCUT2D eigenvalue weighted by Crippen LogP contribution is -2.32. The van der Waals surface area contributed by atoms with Crippen LogP contribution in [-0.2, 0) is 6.18 Å². The van der Waals surface area contributed by atoms with Crippen LogP contribution in [-0.4, -0.2) is 17.2 Å². The number of halogens is 6. The standard InChI is InChI=1S/C14H12F6N2/c1-8-6-21-12(14(18,19)20)5-11(8)22-7-10(13(15,16)17)4-3-9(22)2/h3-7,9H,1-2H3. The van der Waals surface area contributed by atoms with Gasteiger partial charge in [-0.15, -0.1) is 0 Å². The van der Waals surface area contributed by atoms with Crippen molar-refractivity contribution in [1.82, 2.24) is 4.98 Å². The molecule has 1 unspecified atom stereocenters. The fraction of sp³-hybridized carbons (Fsp3) is 0.357. The minimum Gasteiger partial charge on any atom is -0.340 e. The van der Waals surface area contributed by atoms with Crippen molar-refractivity contribution in [3.63, 3.8) is 0 Å². The van der Waals surface area contributed by atoms with Crippen LogP contribution in [0.5, 0.6) is 0 Å². The van der Waals surface area contributed by atoms with Gasteiger partial charge in [0, 0.05) is 24.1 Å². The number of hydrogen-bond acceptors (Lipinski definition) is 2. The summed E-state index contributed by atoms with van der Waals surface area (Å²) in [5.41, 5.74) is -1.67. The molecule has 0 radical (unpaired) electrons. The highest BCUT2D eigenvalue weighted by Crippen LogP contribution is 2.36. The van der Waals surface area contributed by atoms with Gasteiger partial charge < -0.3 is 4.90 Å². The molecule has 1 aliphatic heterocycles. The van der Waals surface area contributed by atoms with Crippen molar-refractivity contribution in [3.8, 4) is 0 Å². The summed E-state index contributed by atoms with van der Waals surface area (Å²) in [7, 11) is 0. The molecule has 8 heteroatoms. The van der Waals surface area contributed by atoms with Crippen molar-refractivity contribution in [3.05, 3.63) is 47.4 Å². The van der Waals surface area contributed by atoms with Crippen LogP contribution in [0.15, 0.2) is 36.2 Å². The van der Waals surface area contributed by atoms with Crippen LogP contribution in [0.4, 0.5) is 32.0 Å². The lowest BCUT2D eigenvalue weighted by molar-refractivity contribution is -0.141. The van der Waals surface area contributed by atoms with Crippen LogP contribution in [0.2, 0.25) is 0 Å². The summed E-state index contributed by atoms with van der Waals surface area (Å²) < 4.78 is 76.6. The Morgan fingerprint density at radius 3 is 2.27 bits per heavy atom. The Morgan fingerprint density at radius 1 is 1.09 bits per heavy atom. The van der Waals surface area contributed by atoms with Gasteiger partial charge in [-0.3, -0.25) is 4.98 Å². The van der Waals surface area contributed by atoms with Gasteiger partial charge in [-0.2, -0.15) is 26.3 Å². The summed E-state index contributed by atoms with van der Waals surface area (Å²) in [5.74, 6) is 0. The molecule has 0 saturated heterocycles. The zero-order chi connectivity index (χ0) is 16.7. The minimum absolute atomic E-state index is 0.0425. The van der Waals surface area contributed by atoms with Gasteiger partial charge in [-0.1, -0.05) is 12.2 Å². The van der Waals surface area contributed by atoms with Gasteiger partial charge in [-0.05, 0) is 25.5 Å². The highest BCUT2D eigenvalue weighted by Gasteiger charge is 2.36. The predicted octanol–water partition coefficient (Wildman–Crippen LogP) is 4.62. The fourth-order valence-electron chi connectivity index (χ4n) is 2.05. The zero-order valence-electron chi connectivity index (χ0n) is 11.6. The molecule has 0 fully saturated rings. The second kappa shape index (κ2) is 5.33. The van der Waals surface area contributed by atoms with Crippen molar-refractivity contribution in [2.24, 2.45) is 0 Å². The van der Waals surface area contributed by atoms with Gasteiger partial charge in [0.15, 0.2) is 0 Å². The smallest absolute Gasteiger partial charge is 0.340 e. The Morgan fingerprint density at radius 2 is 1.73 bits per heavy atom. The maximum Gasteiger partial charge on any atom is 0.433 e. The number of rotatable bonds is 1. The summed E-state index contributed by atoms with van der Waals surface area (Å²) in [6.07, 6.45) is -5.20. The average Bonchev–Trinajstić information content (AvgIpc) is 2.37. The van der Waals surface area contributed by atoms with Crippen LogP contribution in [0.1, 0.15) is 18.2 Å². The van der Waals surface area contributed by atoms with Crippen molar-refractivity contribution in [1.29, 1.82) is 0 Å². The molecule has 22 heavy (non-hydrogen) atoms. The molecule has 1 aliphatic rings. The molecule has 0 spiro atoms. The number of aryl methyl sites for hydroxylation is 1. The lowest BCUT2D eigenvalue weighted by Gasteiger charge is -2.31. The maximum absolute atomic E-state index is 12.8. The number of allylic oxidation sites excluding steroid dienone is 2. The molecule has 0 saturated carbocycles. The van der Waals surface area contributed by atoms with Crippen molar-refractivity contribution >= 4 is 5.69 Å². The van der Waals surface area contributed by atoms with E-state index in [1.807, 2.05) is 0 Å². The molecular formula is C14H12F6N2. The van der Waals surface area contributed by atoms with E-state index in [1.54, 1.807) is 6.92 Å². The SMILES string of the molecule is Cc1cnc(C(F)(F)F)cc1N1C=C(C(F)(F)F)C=CC1C. The first-order chi connectivity index (χ1) is 10.00. The van der Waals surface area contributed by atoms with E-state index in [4.69, 9.17) is 0 Å². The molecule has 2 nitrogen and oxygen atoms in total. The first kappa shape index (κ1) is 16.4. The van der Waals surface area contributed by atoms with Crippen LogP contribution in [0.25, 0.3) is 0 Å². The number of alkyl halides is 6. The Hall–Kier alpha value is -1.99. The zero-order valence-corrected chi connectivity index (χ0v) is 11.6. The summed E-state index contributed by atoms with van der Waals surface area (Å²) in [6.45, 7) is 3.09. The van der Waals surface area contributed by atoms with Crippen LogP contribution in [0, 0.1) is 6.92 Å². The first-order valence-corrected chi connectivity index (χ1v) is 6.29. The predicted molar refractivity (Wildman–Crippen MR) is 69.2 cm³/mol. The van der Waals surface area contributed by atoms with Gasteiger partial charge in [-0.25, -0.2) is 0 Å². The lowest BCUT2D eigenvalue weighted by atomic mass is 10.1. The second-order valence-electron chi connectivity index (χ2n) is 4.94. The Bertz CT molecular complexity index is 627. The largest absolute Gasteiger partial charge is 0.433 e. The molecule has 1 atom stereocenters. The number of nitrogens with zero attached hydrogens (tertiary/aromatic N) is 2. The monoisotopic (exact) mass is 322 g/mol. The maximum atomic E-state index is 12.8. The number of pyridine rings is 1. The Labute approximate surface area is 122 Å². The third kappa shape index (κ3) is 3.26. The molecule has 2 rings (SSSR count). The molecule has 1 aromatic heterocycles. The minimum atomic E-state index is -4.66. The van der Waals surface area contributed by atoms with E-state index in [1.165, 1.54) is 13.0 Å². The number of aromatic nitrogens is 1. The first-order valence-electron chi connectivity index (χ1n) is 6.29. The number of hydrogen-bond donors (Lipinski definition) is 0. The third-order valence-corrected chi connectivity index (χ3v) is 3.24. The molecule has 0 bridgehead atoms. The Balaban J connectivity index is 2.50. The quantitative estimate of drug-likeness (QED) is 0.701. The summed E-state index contributed by atoms with van der Waals surface area (Å²) in [6, 6.07) is 0.253. The third-order valence-electron chi connectivity index (χ3n) is 3.24. The normalized spacial score (nSPS) is 19.4. The molecule has 0 amide bonds. The van der Waals surface area contributed by atoms with E-state index in [0.29, 0.717) is 5.56 Å². The highest BCUT2D eigenvalue weighted by molar-refractivity contribution is 5.59. The van der Waals surface area contributed by atoms with Crippen molar-refractivity contribution in [2.45, 2.75) is 32.2 Å².